The molecule has 0 fully saturated rings. The van der Waals surface area contributed by atoms with E-state index < -0.39 is 26.5 Å². The Labute approximate surface area is 375 Å². The predicted octanol–water partition coefficient (Wildman–Crippen LogP) is 15.1. The van der Waals surface area contributed by atoms with Crippen LogP contribution in [-0.2, 0) is 32.7 Å². The first-order chi connectivity index (χ1) is 29.8. The zero-order chi connectivity index (χ0) is 44.6. The van der Waals surface area contributed by atoms with Gasteiger partial charge in [-0.2, -0.15) is 0 Å². The molecule has 0 saturated heterocycles. The third kappa shape index (κ3) is 47.3. The van der Waals surface area contributed by atoms with Gasteiger partial charge in [0, 0.05) is 19.4 Å². The lowest BCUT2D eigenvalue weighted by molar-refractivity contribution is -0.161. The SMILES string of the molecule is CC/C=C\C/C=C\C/C=C\C/C=C\CCCCCCCCC(=O)OC(COC(=O)CCCCCCCCCCCCCCCCCCCCCCC)COP(=O)(O)OCCN. The highest BCUT2D eigenvalue weighted by Crippen LogP contribution is 2.43. The van der Waals surface area contributed by atoms with E-state index in [0.717, 1.165) is 83.5 Å². The first kappa shape index (κ1) is 59.0. The van der Waals surface area contributed by atoms with Crippen molar-refractivity contribution in [1.82, 2.24) is 0 Å². The van der Waals surface area contributed by atoms with Crippen molar-refractivity contribution < 1.29 is 37.6 Å². The highest BCUT2D eigenvalue weighted by Gasteiger charge is 2.26. The average Bonchev–Trinajstić information content (AvgIpc) is 3.25. The van der Waals surface area contributed by atoms with E-state index in [2.05, 4.69) is 62.5 Å². The Bertz CT molecular complexity index is 1140. The zero-order valence-electron chi connectivity index (χ0n) is 39.4. The number of esters is 2. The molecule has 0 amide bonds. The van der Waals surface area contributed by atoms with Crippen molar-refractivity contribution in [1.29, 1.82) is 0 Å². The highest BCUT2D eigenvalue weighted by molar-refractivity contribution is 7.47. The summed E-state index contributed by atoms with van der Waals surface area (Å²) in [4.78, 5) is 35.0. The van der Waals surface area contributed by atoms with Gasteiger partial charge in [-0.3, -0.25) is 18.6 Å². The van der Waals surface area contributed by atoms with Crippen LogP contribution < -0.4 is 5.73 Å². The van der Waals surface area contributed by atoms with E-state index in [9.17, 15) is 19.0 Å². The molecule has 61 heavy (non-hydrogen) atoms. The van der Waals surface area contributed by atoms with Crippen molar-refractivity contribution in [2.24, 2.45) is 5.73 Å². The Morgan fingerprint density at radius 2 is 0.902 bits per heavy atom. The maximum Gasteiger partial charge on any atom is 0.472 e. The van der Waals surface area contributed by atoms with Crippen LogP contribution in [0.5, 0.6) is 0 Å². The summed E-state index contributed by atoms with van der Waals surface area (Å²) in [5.41, 5.74) is 5.36. The van der Waals surface area contributed by atoms with Gasteiger partial charge in [0.25, 0.3) is 0 Å². The quantitative estimate of drug-likeness (QED) is 0.0265. The first-order valence-corrected chi connectivity index (χ1v) is 26.6. The topological polar surface area (TPSA) is 134 Å². The maximum atomic E-state index is 12.6. The summed E-state index contributed by atoms with van der Waals surface area (Å²) in [7, 11) is -4.39. The van der Waals surface area contributed by atoms with Gasteiger partial charge in [0.2, 0.25) is 0 Å². The van der Waals surface area contributed by atoms with Gasteiger partial charge < -0.3 is 20.1 Å². The second-order valence-corrected chi connectivity index (χ2v) is 18.1. The zero-order valence-corrected chi connectivity index (χ0v) is 40.3. The number of ether oxygens (including phenoxy) is 2. The fourth-order valence-corrected chi connectivity index (χ4v) is 7.80. The smallest absolute Gasteiger partial charge is 0.462 e. The predicted molar refractivity (Wildman–Crippen MR) is 257 cm³/mol. The molecule has 0 aromatic rings. The lowest BCUT2D eigenvalue weighted by atomic mass is 10.0. The van der Waals surface area contributed by atoms with Gasteiger partial charge in [0.15, 0.2) is 6.10 Å². The van der Waals surface area contributed by atoms with Crippen molar-refractivity contribution in [2.45, 2.75) is 238 Å². The van der Waals surface area contributed by atoms with Gasteiger partial charge in [0.1, 0.15) is 6.61 Å². The molecular formula is C51H94NO8P. The van der Waals surface area contributed by atoms with E-state index in [4.69, 9.17) is 24.3 Å². The third-order valence-corrected chi connectivity index (χ3v) is 11.7. The molecule has 0 aliphatic heterocycles. The lowest BCUT2D eigenvalue weighted by Crippen LogP contribution is -2.29. The van der Waals surface area contributed by atoms with E-state index in [1.165, 1.54) is 116 Å². The number of hydrogen-bond acceptors (Lipinski definition) is 8. The maximum absolute atomic E-state index is 12.6. The number of carbonyl (C=O) groups excluding carboxylic acids is 2. The Balaban J connectivity index is 4.06. The molecule has 0 bridgehead atoms. The van der Waals surface area contributed by atoms with Crippen LogP contribution in [0.3, 0.4) is 0 Å². The van der Waals surface area contributed by atoms with E-state index >= 15 is 0 Å². The van der Waals surface area contributed by atoms with Gasteiger partial charge in [-0.15, -0.1) is 0 Å². The second-order valence-electron chi connectivity index (χ2n) is 16.7. The van der Waals surface area contributed by atoms with Crippen molar-refractivity contribution in [3.8, 4) is 0 Å². The molecular weight excluding hydrogens is 786 g/mol. The van der Waals surface area contributed by atoms with Gasteiger partial charge in [0.05, 0.1) is 13.2 Å². The molecule has 10 heteroatoms. The van der Waals surface area contributed by atoms with Gasteiger partial charge in [-0.1, -0.05) is 217 Å². The summed E-state index contributed by atoms with van der Waals surface area (Å²) in [6, 6.07) is 0. The summed E-state index contributed by atoms with van der Waals surface area (Å²) >= 11 is 0. The summed E-state index contributed by atoms with van der Waals surface area (Å²) in [5.74, 6) is -0.837. The molecule has 0 saturated carbocycles. The fraction of sp³-hybridized carbons (Fsp3) is 0.804. The van der Waals surface area contributed by atoms with Crippen molar-refractivity contribution in [2.75, 3.05) is 26.4 Å². The largest absolute Gasteiger partial charge is 0.472 e. The number of rotatable bonds is 47. The van der Waals surface area contributed by atoms with Gasteiger partial charge in [-0.25, -0.2) is 4.57 Å². The molecule has 356 valence electrons. The number of allylic oxidation sites excluding steroid dienone is 8. The fourth-order valence-electron chi connectivity index (χ4n) is 7.04. The second kappa shape index (κ2) is 47.4. The Hall–Kier alpha value is -2.03. The molecule has 2 atom stereocenters. The molecule has 0 rings (SSSR count). The molecule has 2 unspecified atom stereocenters. The number of unbranched alkanes of at least 4 members (excludes halogenated alkanes) is 26. The summed E-state index contributed by atoms with van der Waals surface area (Å²) in [5, 5.41) is 0. The van der Waals surface area contributed by atoms with E-state index in [-0.39, 0.29) is 38.6 Å². The van der Waals surface area contributed by atoms with Crippen LogP contribution in [0.4, 0.5) is 0 Å². The highest BCUT2D eigenvalue weighted by atomic mass is 31.2. The molecule has 9 nitrogen and oxygen atoms in total. The average molecular weight is 880 g/mol. The minimum atomic E-state index is -4.39. The number of nitrogens with two attached hydrogens (primary N) is 1. The van der Waals surface area contributed by atoms with E-state index in [1.807, 2.05) is 0 Å². The van der Waals surface area contributed by atoms with Crippen LogP contribution in [-0.4, -0.2) is 49.3 Å². The molecule has 0 aliphatic rings. The third-order valence-electron chi connectivity index (χ3n) is 10.7. The number of hydrogen-bond donors (Lipinski definition) is 2. The van der Waals surface area contributed by atoms with Gasteiger partial charge >= 0.3 is 19.8 Å². The molecule has 0 radical (unpaired) electrons. The lowest BCUT2D eigenvalue weighted by Gasteiger charge is -2.19. The van der Waals surface area contributed by atoms with Crippen molar-refractivity contribution in [3.05, 3.63) is 48.6 Å². The van der Waals surface area contributed by atoms with Gasteiger partial charge in [-0.05, 0) is 51.4 Å². The molecule has 0 aromatic heterocycles. The van der Waals surface area contributed by atoms with Crippen LogP contribution in [0.15, 0.2) is 48.6 Å². The van der Waals surface area contributed by atoms with E-state index in [0.29, 0.717) is 6.42 Å². The summed E-state index contributed by atoms with van der Waals surface area (Å²) < 4.78 is 32.9. The Kier molecular flexibility index (Phi) is 45.9. The van der Waals surface area contributed by atoms with Crippen LogP contribution in [0.25, 0.3) is 0 Å². The normalized spacial score (nSPS) is 13.6. The Morgan fingerprint density at radius 1 is 0.508 bits per heavy atom. The standard InChI is InChI=1S/C51H94NO8P/c1-3-5-7-9-11-13-15-17-19-21-23-24-26-27-29-31-33-35-37-39-41-43-50(53)57-47-49(48-59-61(55,56)58-46-45-52)60-51(54)44-42-40-38-36-34-32-30-28-25-22-20-18-16-14-12-10-8-6-4-2/h6,8,12,14,18,20,25,28,49H,3-5,7,9-11,13,15-17,19,21-24,26-27,29-48,52H2,1-2H3,(H,55,56)/b8-6-,14-12-,20-18-,28-25-. The molecule has 0 aromatic carbocycles. The Morgan fingerprint density at radius 3 is 1.34 bits per heavy atom. The van der Waals surface area contributed by atoms with Crippen molar-refractivity contribution in [3.63, 3.8) is 0 Å². The van der Waals surface area contributed by atoms with E-state index in [1.54, 1.807) is 0 Å². The molecule has 0 spiro atoms. The van der Waals surface area contributed by atoms with Crippen LogP contribution in [0, 0.1) is 0 Å². The monoisotopic (exact) mass is 880 g/mol. The van der Waals surface area contributed by atoms with Crippen LogP contribution >= 0.6 is 7.82 Å². The molecule has 0 heterocycles. The number of phosphoric acid groups is 1. The van der Waals surface area contributed by atoms with Crippen molar-refractivity contribution >= 4 is 19.8 Å². The first-order valence-electron chi connectivity index (χ1n) is 25.1. The minimum Gasteiger partial charge on any atom is -0.462 e. The van der Waals surface area contributed by atoms with Crippen LogP contribution in [0.1, 0.15) is 232 Å². The summed E-state index contributed by atoms with van der Waals surface area (Å²) in [6.45, 7) is 3.64. The van der Waals surface area contributed by atoms with Crippen LogP contribution in [0.2, 0.25) is 0 Å². The summed E-state index contributed by atoms with van der Waals surface area (Å²) in [6.07, 6.45) is 55.8. The number of carbonyl (C=O) groups is 2. The minimum absolute atomic E-state index is 0.0504. The molecule has 3 N–H and O–H groups in total. The number of phosphoric ester groups is 1. The molecule has 0 aliphatic carbocycles.